The highest BCUT2D eigenvalue weighted by atomic mass is 79.9. The Hall–Kier alpha value is -0.430. The lowest BCUT2D eigenvalue weighted by Crippen LogP contribution is -2.43. The molecule has 0 aliphatic carbocycles. The first-order valence-corrected chi connectivity index (χ1v) is 6.59. The Balaban J connectivity index is 1.91. The maximum absolute atomic E-state index is 11.7. The van der Waals surface area contributed by atoms with Gasteiger partial charge in [0.2, 0.25) is 0 Å². The number of carbonyl (C=O) groups is 1. The fourth-order valence-corrected chi connectivity index (χ4v) is 2.98. The third-order valence-electron chi connectivity index (χ3n) is 2.48. The first-order valence-electron chi connectivity index (χ1n) is 4.92. The summed E-state index contributed by atoms with van der Waals surface area (Å²) < 4.78 is 5.88. The molecule has 1 aliphatic rings. The number of aliphatic hydroxyl groups is 1. The van der Waals surface area contributed by atoms with E-state index in [1.165, 1.54) is 11.3 Å². The zero-order valence-electron chi connectivity index (χ0n) is 8.53. The van der Waals surface area contributed by atoms with Crippen molar-refractivity contribution >= 4 is 33.2 Å². The van der Waals surface area contributed by atoms with Crippen molar-refractivity contribution in [3.63, 3.8) is 0 Å². The molecule has 1 amide bonds. The van der Waals surface area contributed by atoms with Crippen LogP contribution in [0.4, 0.5) is 0 Å². The summed E-state index contributed by atoms with van der Waals surface area (Å²) in [6.45, 7) is 1.07. The molecule has 1 atom stereocenters. The summed E-state index contributed by atoms with van der Waals surface area (Å²) in [5.74, 6) is -0.165. The van der Waals surface area contributed by atoms with E-state index in [1.807, 2.05) is 11.4 Å². The van der Waals surface area contributed by atoms with E-state index in [4.69, 9.17) is 4.74 Å². The first kappa shape index (κ1) is 12.0. The van der Waals surface area contributed by atoms with Gasteiger partial charge in [-0.05, 0) is 27.4 Å². The number of hydrogen-bond acceptors (Lipinski definition) is 4. The minimum Gasteiger partial charge on any atom is -0.386 e. The average molecular weight is 306 g/mol. The molecule has 1 saturated heterocycles. The van der Waals surface area contributed by atoms with Gasteiger partial charge in [0.05, 0.1) is 6.61 Å². The molecule has 0 bridgehead atoms. The molecule has 0 unspecified atom stereocenters. The maximum atomic E-state index is 11.7. The zero-order chi connectivity index (χ0) is 11.6. The van der Waals surface area contributed by atoms with Gasteiger partial charge in [-0.2, -0.15) is 0 Å². The summed E-state index contributed by atoms with van der Waals surface area (Å²) in [5, 5.41) is 14.5. The zero-order valence-corrected chi connectivity index (χ0v) is 10.9. The molecule has 4 nitrogen and oxygen atoms in total. The average Bonchev–Trinajstić information content (AvgIpc) is 2.85. The minimum absolute atomic E-state index is 0.165. The van der Waals surface area contributed by atoms with Gasteiger partial charge in [0.15, 0.2) is 0 Å². The van der Waals surface area contributed by atoms with Crippen molar-refractivity contribution < 1.29 is 14.6 Å². The molecule has 0 aromatic carbocycles. The Kier molecular flexibility index (Phi) is 3.63. The van der Waals surface area contributed by atoms with Gasteiger partial charge < -0.3 is 15.2 Å². The van der Waals surface area contributed by atoms with Crippen LogP contribution in [0.3, 0.4) is 0 Å². The molecule has 0 radical (unpaired) electrons. The molecule has 0 spiro atoms. The number of amides is 1. The molecule has 16 heavy (non-hydrogen) atoms. The van der Waals surface area contributed by atoms with Crippen LogP contribution in [0.15, 0.2) is 15.9 Å². The Bertz CT molecular complexity index is 387. The smallest absolute Gasteiger partial charge is 0.262 e. The highest BCUT2D eigenvalue weighted by Gasteiger charge is 2.32. The maximum Gasteiger partial charge on any atom is 0.262 e. The van der Waals surface area contributed by atoms with Gasteiger partial charge in [-0.25, -0.2) is 0 Å². The van der Waals surface area contributed by atoms with Crippen molar-refractivity contribution in [3.8, 4) is 0 Å². The topological polar surface area (TPSA) is 58.6 Å². The van der Waals surface area contributed by atoms with Crippen LogP contribution in [-0.4, -0.2) is 36.4 Å². The lowest BCUT2D eigenvalue weighted by Gasteiger charge is -2.20. The first-order chi connectivity index (χ1) is 7.61. The number of rotatable bonds is 3. The van der Waals surface area contributed by atoms with Gasteiger partial charge in [0.25, 0.3) is 5.91 Å². The Morgan fingerprint density at radius 3 is 3.12 bits per heavy atom. The van der Waals surface area contributed by atoms with E-state index in [-0.39, 0.29) is 12.5 Å². The van der Waals surface area contributed by atoms with E-state index in [2.05, 4.69) is 21.2 Å². The number of carbonyl (C=O) groups excluding carboxylic acids is 1. The van der Waals surface area contributed by atoms with Crippen LogP contribution < -0.4 is 5.32 Å². The summed E-state index contributed by atoms with van der Waals surface area (Å²) >= 11 is 4.66. The second-order valence-electron chi connectivity index (χ2n) is 3.81. The molecule has 2 rings (SSSR count). The van der Waals surface area contributed by atoms with E-state index < -0.39 is 5.60 Å². The number of halogens is 1. The van der Waals surface area contributed by atoms with Crippen molar-refractivity contribution in [1.29, 1.82) is 0 Å². The van der Waals surface area contributed by atoms with Crippen LogP contribution in [0.1, 0.15) is 16.1 Å². The van der Waals surface area contributed by atoms with E-state index in [0.717, 1.165) is 4.47 Å². The molecular weight excluding hydrogens is 294 g/mol. The lowest BCUT2D eigenvalue weighted by molar-refractivity contribution is 0.0265. The van der Waals surface area contributed by atoms with E-state index in [1.54, 1.807) is 0 Å². The van der Waals surface area contributed by atoms with Gasteiger partial charge in [-0.1, -0.05) is 0 Å². The standard InChI is InChI=1S/C10H12BrNO3S/c11-7-1-4-16-8(7)9(13)12-5-10(14)2-3-15-6-10/h1,4,14H,2-3,5-6H2,(H,12,13)/t10-/m0/s1. The quantitative estimate of drug-likeness (QED) is 0.887. The van der Waals surface area contributed by atoms with Crippen LogP contribution in [0.5, 0.6) is 0 Å². The monoisotopic (exact) mass is 305 g/mol. The van der Waals surface area contributed by atoms with Gasteiger partial charge in [0.1, 0.15) is 10.5 Å². The molecule has 2 N–H and O–H groups in total. The molecule has 1 aromatic rings. The highest BCUT2D eigenvalue weighted by Crippen LogP contribution is 2.23. The number of thiophene rings is 1. The number of nitrogens with one attached hydrogen (secondary N) is 1. The van der Waals surface area contributed by atoms with Crippen molar-refractivity contribution in [2.75, 3.05) is 19.8 Å². The molecule has 1 aromatic heterocycles. The van der Waals surface area contributed by atoms with Gasteiger partial charge in [0, 0.05) is 24.0 Å². The molecule has 6 heteroatoms. The van der Waals surface area contributed by atoms with Crippen LogP contribution >= 0.6 is 27.3 Å². The number of ether oxygens (including phenoxy) is 1. The highest BCUT2D eigenvalue weighted by molar-refractivity contribution is 9.10. The molecule has 88 valence electrons. The van der Waals surface area contributed by atoms with Crippen LogP contribution in [0.2, 0.25) is 0 Å². The van der Waals surface area contributed by atoms with E-state index in [0.29, 0.717) is 24.5 Å². The second-order valence-corrected chi connectivity index (χ2v) is 5.58. The summed E-state index contributed by atoms with van der Waals surface area (Å²) in [7, 11) is 0. The summed E-state index contributed by atoms with van der Waals surface area (Å²) in [6, 6.07) is 1.83. The Morgan fingerprint density at radius 2 is 2.56 bits per heavy atom. The largest absolute Gasteiger partial charge is 0.386 e. The molecule has 1 fully saturated rings. The van der Waals surface area contributed by atoms with Gasteiger partial charge in [-0.3, -0.25) is 4.79 Å². The third kappa shape index (κ3) is 2.63. The van der Waals surface area contributed by atoms with E-state index >= 15 is 0 Å². The minimum atomic E-state index is -0.903. The predicted octanol–water partition coefficient (Wildman–Crippen LogP) is 1.39. The summed E-state index contributed by atoms with van der Waals surface area (Å²) in [4.78, 5) is 12.4. The second kappa shape index (κ2) is 4.83. The molecule has 0 saturated carbocycles. The van der Waals surface area contributed by atoms with Crippen molar-refractivity contribution in [2.45, 2.75) is 12.0 Å². The molecule has 1 aliphatic heterocycles. The molecular formula is C10H12BrNO3S. The van der Waals surface area contributed by atoms with Crippen LogP contribution in [-0.2, 0) is 4.74 Å². The van der Waals surface area contributed by atoms with E-state index in [9.17, 15) is 9.90 Å². The van der Waals surface area contributed by atoms with Gasteiger partial charge in [-0.15, -0.1) is 11.3 Å². The third-order valence-corrected chi connectivity index (χ3v) is 4.32. The van der Waals surface area contributed by atoms with Crippen molar-refractivity contribution in [1.82, 2.24) is 5.32 Å². The fourth-order valence-electron chi connectivity index (χ4n) is 1.52. The van der Waals surface area contributed by atoms with Gasteiger partial charge >= 0.3 is 0 Å². The Morgan fingerprint density at radius 1 is 1.75 bits per heavy atom. The summed E-state index contributed by atoms with van der Waals surface area (Å²) in [6.07, 6.45) is 0.568. The summed E-state index contributed by atoms with van der Waals surface area (Å²) in [5.41, 5.74) is -0.903. The van der Waals surface area contributed by atoms with Crippen LogP contribution in [0.25, 0.3) is 0 Å². The normalized spacial score (nSPS) is 24.6. The van der Waals surface area contributed by atoms with Crippen molar-refractivity contribution in [3.05, 3.63) is 20.8 Å². The van der Waals surface area contributed by atoms with Crippen molar-refractivity contribution in [2.24, 2.45) is 0 Å². The number of hydrogen-bond donors (Lipinski definition) is 2. The fraction of sp³-hybridized carbons (Fsp3) is 0.500. The predicted molar refractivity (Wildman–Crippen MR) is 64.7 cm³/mol. The SMILES string of the molecule is O=C(NC[C@@]1(O)CCOC1)c1sccc1Br. The Labute approximate surface area is 106 Å². The molecule has 2 heterocycles. The van der Waals surface area contributed by atoms with Crippen LogP contribution in [0, 0.1) is 0 Å². The lowest BCUT2D eigenvalue weighted by atomic mass is 10.0.